The summed E-state index contributed by atoms with van der Waals surface area (Å²) in [7, 11) is 0. The average Bonchev–Trinajstić information content (AvgIpc) is 2.63. The van der Waals surface area contributed by atoms with Gasteiger partial charge in [0.25, 0.3) is 11.6 Å². The van der Waals surface area contributed by atoms with E-state index in [1.54, 1.807) is 24.3 Å². The highest BCUT2D eigenvalue weighted by Crippen LogP contribution is 2.29. The smallest absolute Gasteiger partial charge is 0.273 e. The summed E-state index contributed by atoms with van der Waals surface area (Å²) in [6.07, 6.45) is 1.37. The molecule has 0 radical (unpaired) electrons. The maximum absolute atomic E-state index is 12.3. The predicted octanol–water partition coefficient (Wildman–Crippen LogP) is 4.01. The molecule has 0 aromatic heterocycles. The molecule has 2 N–H and O–H groups in total. The van der Waals surface area contributed by atoms with E-state index in [4.69, 9.17) is 4.74 Å². The molecule has 0 saturated carbocycles. The number of nitriles is 1. The van der Waals surface area contributed by atoms with E-state index >= 15 is 0 Å². The van der Waals surface area contributed by atoms with E-state index in [9.17, 15) is 25.3 Å². The molecule has 2 aromatic carbocycles. The molecule has 0 fully saturated rings. The summed E-state index contributed by atoms with van der Waals surface area (Å²) in [5.41, 5.74) is 0.0224. The number of phenolic OH excluding ortho intramolecular Hbond substituents is 1. The Morgan fingerprint density at radius 2 is 2.15 bits per heavy atom. The summed E-state index contributed by atoms with van der Waals surface area (Å²) in [5, 5.41) is 32.1. The van der Waals surface area contributed by atoms with Crippen molar-refractivity contribution in [3.8, 4) is 17.6 Å². The molecule has 2 rings (SSSR count). The normalized spacial score (nSPS) is 10.8. The van der Waals surface area contributed by atoms with Crippen LogP contribution in [-0.4, -0.2) is 22.5 Å². The lowest BCUT2D eigenvalue weighted by atomic mass is 10.1. The second-order valence-corrected chi connectivity index (χ2v) is 6.06. The highest BCUT2D eigenvalue weighted by molar-refractivity contribution is 9.10. The largest absolute Gasteiger partial charge is 0.506 e. The maximum Gasteiger partial charge on any atom is 0.273 e. The van der Waals surface area contributed by atoms with Crippen LogP contribution in [0.1, 0.15) is 12.5 Å². The number of nitro benzene ring substituents is 1. The van der Waals surface area contributed by atoms with Gasteiger partial charge in [-0.15, -0.1) is 0 Å². The summed E-state index contributed by atoms with van der Waals surface area (Å²) in [6.45, 7) is 2.35. The van der Waals surface area contributed by atoms with Crippen molar-refractivity contribution in [2.75, 3.05) is 11.9 Å². The zero-order valence-corrected chi connectivity index (χ0v) is 15.7. The Balaban J connectivity index is 2.23. The molecule has 0 unspecified atom stereocenters. The molecule has 0 heterocycles. The van der Waals surface area contributed by atoms with Gasteiger partial charge in [-0.1, -0.05) is 6.07 Å². The van der Waals surface area contributed by atoms with Crippen molar-refractivity contribution in [1.29, 1.82) is 5.26 Å². The van der Waals surface area contributed by atoms with Crippen LogP contribution in [0.5, 0.6) is 11.5 Å². The number of non-ortho nitro benzene ring substituents is 1. The predicted molar refractivity (Wildman–Crippen MR) is 102 cm³/mol. The highest BCUT2D eigenvalue weighted by Gasteiger charge is 2.15. The van der Waals surface area contributed by atoms with Crippen LogP contribution >= 0.6 is 15.9 Å². The van der Waals surface area contributed by atoms with Gasteiger partial charge in [0, 0.05) is 6.07 Å². The van der Waals surface area contributed by atoms with Crippen LogP contribution in [0.25, 0.3) is 6.08 Å². The molecule has 0 atom stereocenters. The van der Waals surface area contributed by atoms with Crippen molar-refractivity contribution in [2.45, 2.75) is 6.92 Å². The average molecular weight is 432 g/mol. The van der Waals surface area contributed by atoms with Crippen LogP contribution in [-0.2, 0) is 4.79 Å². The number of hydrogen-bond acceptors (Lipinski definition) is 6. The van der Waals surface area contributed by atoms with Crippen LogP contribution in [0.15, 0.2) is 46.4 Å². The first-order valence-electron chi connectivity index (χ1n) is 7.68. The van der Waals surface area contributed by atoms with E-state index in [2.05, 4.69) is 21.2 Å². The number of nitrogens with one attached hydrogen (secondary N) is 1. The van der Waals surface area contributed by atoms with Gasteiger partial charge in [-0.25, -0.2) is 0 Å². The van der Waals surface area contributed by atoms with Crippen LogP contribution in [0.3, 0.4) is 0 Å². The summed E-state index contributed by atoms with van der Waals surface area (Å²) < 4.78 is 6.07. The van der Waals surface area contributed by atoms with Gasteiger partial charge in [-0.2, -0.15) is 5.26 Å². The van der Waals surface area contributed by atoms with E-state index in [1.807, 2.05) is 6.92 Å². The van der Waals surface area contributed by atoms with Crippen LogP contribution in [0, 0.1) is 21.4 Å². The number of ether oxygens (including phenoxy) is 1. The molecule has 0 bridgehead atoms. The SMILES string of the molecule is CCOc1ccc(C=C(C#N)C(=O)Nc2ccc([N+](=O)[O-])cc2O)cc1Br. The molecule has 0 spiro atoms. The summed E-state index contributed by atoms with van der Waals surface area (Å²) in [4.78, 5) is 22.3. The van der Waals surface area contributed by atoms with E-state index in [-0.39, 0.29) is 16.9 Å². The Morgan fingerprint density at radius 3 is 2.70 bits per heavy atom. The Labute approximate surface area is 163 Å². The first kappa shape index (κ1) is 19.9. The number of rotatable bonds is 6. The number of benzene rings is 2. The number of hydrogen-bond donors (Lipinski definition) is 2. The lowest BCUT2D eigenvalue weighted by Gasteiger charge is -2.08. The van der Waals surface area contributed by atoms with Gasteiger partial charge in [0.15, 0.2) is 0 Å². The topological polar surface area (TPSA) is 125 Å². The van der Waals surface area contributed by atoms with Crippen LogP contribution in [0.4, 0.5) is 11.4 Å². The van der Waals surface area contributed by atoms with Gasteiger partial charge in [0.2, 0.25) is 0 Å². The minimum atomic E-state index is -0.758. The van der Waals surface area contributed by atoms with Gasteiger partial charge >= 0.3 is 0 Å². The lowest BCUT2D eigenvalue weighted by Crippen LogP contribution is -2.13. The van der Waals surface area contributed by atoms with E-state index in [1.165, 1.54) is 12.1 Å². The Bertz CT molecular complexity index is 966. The van der Waals surface area contributed by atoms with E-state index in [0.717, 1.165) is 12.1 Å². The molecule has 27 heavy (non-hydrogen) atoms. The third-order valence-electron chi connectivity index (χ3n) is 3.37. The van der Waals surface area contributed by atoms with Crippen molar-refractivity contribution in [1.82, 2.24) is 0 Å². The first-order chi connectivity index (χ1) is 12.8. The first-order valence-corrected chi connectivity index (χ1v) is 8.48. The quantitative estimate of drug-likeness (QED) is 0.234. The van der Waals surface area contributed by atoms with E-state index < -0.39 is 16.6 Å². The Hall–Kier alpha value is -3.38. The van der Waals surface area contributed by atoms with Crippen molar-refractivity contribution < 1.29 is 19.6 Å². The summed E-state index contributed by atoms with van der Waals surface area (Å²) in [6, 6.07) is 10.1. The van der Waals surface area contributed by atoms with Crippen LogP contribution in [0.2, 0.25) is 0 Å². The second-order valence-electron chi connectivity index (χ2n) is 5.21. The minimum Gasteiger partial charge on any atom is -0.506 e. The molecule has 1 amide bonds. The zero-order chi connectivity index (χ0) is 20.0. The summed E-state index contributed by atoms with van der Waals surface area (Å²) in [5.74, 6) is -0.598. The molecule has 0 saturated heterocycles. The van der Waals surface area contributed by atoms with Gasteiger partial charge in [-0.05, 0) is 52.7 Å². The molecule has 0 aliphatic rings. The molecular formula is C18H14BrN3O5. The number of carbonyl (C=O) groups excluding carboxylic acids is 1. The van der Waals surface area contributed by atoms with Crippen molar-refractivity contribution in [3.05, 3.63) is 62.1 Å². The van der Waals surface area contributed by atoms with Crippen molar-refractivity contribution >= 4 is 39.3 Å². The lowest BCUT2D eigenvalue weighted by molar-refractivity contribution is -0.384. The fraction of sp³-hybridized carbons (Fsp3) is 0.111. The molecule has 9 heteroatoms. The minimum absolute atomic E-state index is 0.0420. The fourth-order valence-electron chi connectivity index (χ4n) is 2.12. The number of anilines is 1. The maximum atomic E-state index is 12.3. The fourth-order valence-corrected chi connectivity index (χ4v) is 2.63. The third-order valence-corrected chi connectivity index (χ3v) is 3.99. The standard InChI is InChI=1S/C18H14BrN3O5/c1-2-27-17-6-3-11(8-14(17)19)7-12(10-20)18(24)21-15-5-4-13(22(25)26)9-16(15)23/h3-9,23H,2H2,1H3,(H,21,24). The number of aromatic hydroxyl groups is 1. The number of amides is 1. The highest BCUT2D eigenvalue weighted by atomic mass is 79.9. The molecule has 0 aliphatic carbocycles. The van der Waals surface area contributed by atoms with Gasteiger partial charge < -0.3 is 15.2 Å². The second kappa shape index (κ2) is 8.82. The number of carbonyl (C=O) groups is 1. The number of nitrogens with zero attached hydrogens (tertiary/aromatic N) is 2. The van der Waals surface area contributed by atoms with Crippen LogP contribution < -0.4 is 10.1 Å². The third kappa shape index (κ3) is 5.05. The monoisotopic (exact) mass is 431 g/mol. The molecule has 8 nitrogen and oxygen atoms in total. The van der Waals surface area contributed by atoms with Gasteiger partial charge in [-0.3, -0.25) is 14.9 Å². The zero-order valence-electron chi connectivity index (χ0n) is 14.1. The van der Waals surface area contributed by atoms with Gasteiger partial charge in [0.1, 0.15) is 23.1 Å². The van der Waals surface area contributed by atoms with Crippen molar-refractivity contribution in [3.63, 3.8) is 0 Å². The van der Waals surface area contributed by atoms with Gasteiger partial charge in [0.05, 0.1) is 27.8 Å². The number of phenols is 1. The Morgan fingerprint density at radius 1 is 1.41 bits per heavy atom. The molecule has 138 valence electrons. The number of halogens is 1. The molecular weight excluding hydrogens is 418 g/mol. The number of nitro groups is 1. The molecule has 0 aliphatic heterocycles. The van der Waals surface area contributed by atoms with Crippen molar-refractivity contribution in [2.24, 2.45) is 0 Å². The molecule has 2 aromatic rings. The summed E-state index contributed by atoms with van der Waals surface area (Å²) >= 11 is 3.35. The van der Waals surface area contributed by atoms with E-state index in [0.29, 0.717) is 22.4 Å². The Kier molecular flexibility index (Phi) is 6.51.